The highest BCUT2D eigenvalue weighted by molar-refractivity contribution is 6.00. The van der Waals surface area contributed by atoms with Crippen LogP contribution in [0.3, 0.4) is 0 Å². The molecule has 5 fully saturated rings. The molecular weight excluding hydrogens is 440 g/mol. The number of hydrogen-bond acceptors (Lipinski definition) is 5. The first kappa shape index (κ1) is 25.9. The number of carbonyl (C=O) groups excluding carboxylic acids is 1. The predicted molar refractivity (Wildman–Crippen MR) is 136 cm³/mol. The van der Waals surface area contributed by atoms with Crippen molar-refractivity contribution in [2.24, 2.45) is 39.9 Å². The van der Waals surface area contributed by atoms with Gasteiger partial charge in [0.1, 0.15) is 0 Å². The Hall–Kier alpha value is -0.750. The van der Waals surface area contributed by atoms with Crippen LogP contribution in [-0.4, -0.2) is 51.1 Å². The van der Waals surface area contributed by atoms with Crippen LogP contribution in [0.5, 0.6) is 0 Å². The summed E-state index contributed by atoms with van der Waals surface area (Å²) in [4.78, 5) is 13.7. The van der Waals surface area contributed by atoms with Gasteiger partial charge in [-0.3, -0.25) is 4.79 Å². The first-order valence-electron chi connectivity index (χ1n) is 14.0. The van der Waals surface area contributed by atoms with Crippen LogP contribution in [0.15, 0.2) is 11.1 Å². The van der Waals surface area contributed by atoms with E-state index in [-0.39, 0.29) is 52.7 Å². The summed E-state index contributed by atoms with van der Waals surface area (Å²) in [5.74, 6) is 1.17. The maximum atomic E-state index is 13.7. The SMILES string of the molecule is C/C(C[C@@H]1OC(C)(C)[C@H]2CC[C@](C)(O)[C@@H]12)=C1/C(=O)C[C@H]2[C@@]3(C)CC[C@H](O)[C@](C)(CO)C3CC[C@]12C. The Kier molecular flexibility index (Phi) is 5.83. The molecule has 0 radical (unpaired) electrons. The van der Waals surface area contributed by atoms with Crippen molar-refractivity contribution in [3.63, 3.8) is 0 Å². The lowest BCUT2D eigenvalue weighted by Crippen LogP contribution is -2.59. The molecule has 1 saturated heterocycles. The van der Waals surface area contributed by atoms with E-state index in [1.807, 2.05) is 13.8 Å². The minimum Gasteiger partial charge on any atom is -0.396 e. The number of rotatable bonds is 3. The molecule has 10 atom stereocenters. The van der Waals surface area contributed by atoms with Crippen LogP contribution in [0, 0.1) is 39.9 Å². The molecule has 35 heavy (non-hydrogen) atoms. The third-order valence-corrected chi connectivity index (χ3v) is 12.2. The third-order valence-electron chi connectivity index (χ3n) is 12.2. The lowest BCUT2D eigenvalue weighted by Gasteiger charge is -2.62. The van der Waals surface area contributed by atoms with Gasteiger partial charge in [-0.15, -0.1) is 0 Å². The molecule has 1 aliphatic heterocycles. The van der Waals surface area contributed by atoms with Gasteiger partial charge in [-0.1, -0.05) is 26.3 Å². The summed E-state index contributed by atoms with van der Waals surface area (Å²) in [7, 11) is 0. The Balaban J connectivity index is 1.48. The summed E-state index contributed by atoms with van der Waals surface area (Å²) in [6, 6.07) is 0. The van der Waals surface area contributed by atoms with Crippen LogP contribution in [0.4, 0.5) is 0 Å². The van der Waals surface area contributed by atoms with Gasteiger partial charge in [-0.25, -0.2) is 0 Å². The van der Waals surface area contributed by atoms with Crippen molar-refractivity contribution < 1.29 is 24.9 Å². The minimum absolute atomic E-state index is 0.00911. The van der Waals surface area contributed by atoms with Gasteiger partial charge in [-0.05, 0) is 101 Å². The summed E-state index contributed by atoms with van der Waals surface area (Å²) in [6.07, 6.45) is 5.95. The van der Waals surface area contributed by atoms with Crippen molar-refractivity contribution in [1.29, 1.82) is 0 Å². The van der Waals surface area contributed by atoms with Crippen molar-refractivity contribution in [3.8, 4) is 0 Å². The van der Waals surface area contributed by atoms with E-state index in [0.29, 0.717) is 25.2 Å². The van der Waals surface area contributed by atoms with Crippen LogP contribution < -0.4 is 0 Å². The molecule has 4 aliphatic carbocycles. The van der Waals surface area contributed by atoms with Gasteiger partial charge in [0.15, 0.2) is 5.78 Å². The van der Waals surface area contributed by atoms with Crippen LogP contribution in [0.25, 0.3) is 0 Å². The van der Waals surface area contributed by atoms with Crippen LogP contribution in [0.2, 0.25) is 0 Å². The van der Waals surface area contributed by atoms with Crippen molar-refractivity contribution in [1.82, 2.24) is 0 Å². The van der Waals surface area contributed by atoms with Crippen molar-refractivity contribution >= 4 is 5.78 Å². The standard InChI is InChI=1S/C30H48O5/c1-17(14-20-25-18(26(2,3)35-20)8-13-30(25,7)34)24-19(32)15-22-27(4)12-10-23(33)29(6,16-31)21(27)9-11-28(22,24)5/h18,20-23,25,31,33-34H,8-16H2,1-7H3/b24-17+/t18-,20-,21?,22-,23-,25+,27-,28-,29+,30-/m0/s1. The number of allylic oxidation sites excluding steroid dienone is 1. The second kappa shape index (κ2) is 7.88. The number of aliphatic hydroxyl groups excluding tert-OH is 2. The van der Waals surface area contributed by atoms with E-state index in [1.165, 1.54) is 0 Å². The lowest BCUT2D eigenvalue weighted by atomic mass is 9.43. The number of ketones is 1. The van der Waals surface area contributed by atoms with E-state index in [0.717, 1.165) is 43.3 Å². The van der Waals surface area contributed by atoms with Gasteiger partial charge in [0.05, 0.1) is 30.0 Å². The Morgan fingerprint density at radius 1 is 1.00 bits per heavy atom. The highest BCUT2D eigenvalue weighted by atomic mass is 16.5. The van der Waals surface area contributed by atoms with Gasteiger partial charge in [-0.2, -0.15) is 0 Å². The van der Waals surface area contributed by atoms with Gasteiger partial charge in [0, 0.05) is 23.3 Å². The zero-order valence-corrected chi connectivity index (χ0v) is 23.0. The number of fused-ring (bicyclic) bond motifs is 4. The monoisotopic (exact) mass is 488 g/mol. The van der Waals surface area contributed by atoms with Gasteiger partial charge >= 0.3 is 0 Å². The topological polar surface area (TPSA) is 87.0 Å². The number of hydrogen-bond donors (Lipinski definition) is 3. The van der Waals surface area contributed by atoms with E-state index < -0.39 is 17.1 Å². The Morgan fingerprint density at radius 2 is 1.69 bits per heavy atom. The molecule has 0 amide bonds. The van der Waals surface area contributed by atoms with E-state index in [9.17, 15) is 20.1 Å². The number of carbonyl (C=O) groups is 1. The van der Waals surface area contributed by atoms with E-state index in [1.54, 1.807) is 0 Å². The van der Waals surface area contributed by atoms with Crippen molar-refractivity contribution in [3.05, 3.63) is 11.1 Å². The number of Topliss-reactive ketones (excluding diaryl/α,β-unsaturated/α-hetero) is 1. The normalized spacial score (nSPS) is 54.4. The van der Waals surface area contributed by atoms with Crippen LogP contribution in [0.1, 0.15) is 99.8 Å². The van der Waals surface area contributed by atoms with E-state index in [2.05, 4.69) is 34.6 Å². The Morgan fingerprint density at radius 3 is 2.34 bits per heavy atom. The number of aliphatic hydroxyl groups is 3. The van der Waals surface area contributed by atoms with E-state index in [4.69, 9.17) is 4.74 Å². The molecule has 5 nitrogen and oxygen atoms in total. The molecule has 1 heterocycles. The van der Waals surface area contributed by atoms with Crippen molar-refractivity contribution in [2.75, 3.05) is 6.61 Å². The zero-order valence-electron chi connectivity index (χ0n) is 23.0. The second-order valence-electron chi connectivity index (χ2n) is 14.6. The summed E-state index contributed by atoms with van der Waals surface area (Å²) in [5, 5.41) is 32.3. The molecule has 0 bridgehead atoms. The molecule has 0 aromatic carbocycles. The van der Waals surface area contributed by atoms with Crippen LogP contribution in [-0.2, 0) is 9.53 Å². The van der Waals surface area contributed by atoms with Gasteiger partial charge < -0.3 is 20.1 Å². The maximum absolute atomic E-state index is 13.7. The highest BCUT2D eigenvalue weighted by Gasteiger charge is 2.66. The Bertz CT molecular complexity index is 933. The Labute approximate surface area is 211 Å². The summed E-state index contributed by atoms with van der Waals surface area (Å²) in [6.45, 7) is 15.1. The van der Waals surface area contributed by atoms with Gasteiger partial charge in [0.25, 0.3) is 0 Å². The van der Waals surface area contributed by atoms with Gasteiger partial charge in [0.2, 0.25) is 0 Å². The van der Waals surface area contributed by atoms with Crippen molar-refractivity contribution in [2.45, 2.75) is 123 Å². The fourth-order valence-corrected chi connectivity index (χ4v) is 10.5. The van der Waals surface area contributed by atoms with E-state index >= 15 is 0 Å². The molecule has 5 rings (SSSR count). The third kappa shape index (κ3) is 3.43. The second-order valence-corrected chi connectivity index (χ2v) is 14.6. The average molecular weight is 489 g/mol. The fourth-order valence-electron chi connectivity index (χ4n) is 10.5. The first-order valence-corrected chi connectivity index (χ1v) is 14.0. The molecule has 0 spiro atoms. The molecule has 0 aromatic rings. The number of ether oxygens (including phenoxy) is 1. The molecular formula is C30H48O5. The highest BCUT2D eigenvalue weighted by Crippen LogP contribution is 2.69. The molecule has 1 unspecified atom stereocenters. The molecule has 198 valence electrons. The maximum Gasteiger partial charge on any atom is 0.159 e. The lowest BCUT2D eigenvalue weighted by molar-refractivity contribution is -0.178. The summed E-state index contributed by atoms with van der Waals surface area (Å²) in [5.41, 5.74) is 0.420. The molecule has 4 saturated carbocycles. The molecule has 5 aliphatic rings. The predicted octanol–water partition coefficient (Wildman–Crippen LogP) is 4.81. The summed E-state index contributed by atoms with van der Waals surface area (Å²) >= 11 is 0. The quantitative estimate of drug-likeness (QED) is 0.496. The zero-order chi connectivity index (χ0) is 25.8. The first-order chi connectivity index (χ1) is 16.1. The minimum atomic E-state index is -0.719. The summed E-state index contributed by atoms with van der Waals surface area (Å²) < 4.78 is 6.58. The molecule has 5 heteroatoms. The molecule has 0 aromatic heterocycles. The molecule has 3 N–H and O–H groups in total. The smallest absolute Gasteiger partial charge is 0.159 e. The largest absolute Gasteiger partial charge is 0.396 e. The fraction of sp³-hybridized carbons (Fsp3) is 0.900. The average Bonchev–Trinajstić information content (AvgIpc) is 3.33. The van der Waals surface area contributed by atoms with Crippen LogP contribution >= 0.6 is 0 Å².